The number of carbonyl (C=O) groups is 1. The second-order valence-corrected chi connectivity index (χ2v) is 5.28. The van der Waals surface area contributed by atoms with Crippen molar-refractivity contribution in [2.45, 2.75) is 33.4 Å². The number of benzene rings is 2. The molecule has 2 rings (SSSR count). The molecule has 122 valence electrons. The number of rotatable bonds is 7. The van der Waals surface area contributed by atoms with Crippen molar-refractivity contribution >= 4 is 5.91 Å². The Morgan fingerprint density at radius 2 is 1.74 bits per heavy atom. The predicted octanol–water partition coefficient (Wildman–Crippen LogP) is 3.48. The molecule has 0 unspecified atom stereocenters. The van der Waals surface area contributed by atoms with Crippen LogP contribution >= 0.6 is 0 Å². The first-order valence-corrected chi connectivity index (χ1v) is 7.82. The van der Waals surface area contributed by atoms with E-state index in [4.69, 9.17) is 9.47 Å². The number of amides is 1. The van der Waals surface area contributed by atoms with E-state index in [1.54, 1.807) is 6.92 Å². The zero-order chi connectivity index (χ0) is 16.7. The van der Waals surface area contributed by atoms with Crippen molar-refractivity contribution in [2.24, 2.45) is 0 Å². The van der Waals surface area contributed by atoms with Crippen LogP contribution in [0, 0.1) is 6.92 Å². The van der Waals surface area contributed by atoms with Crippen molar-refractivity contribution in [3.05, 3.63) is 59.7 Å². The Hall–Kier alpha value is -2.49. The number of hydrogen-bond donors (Lipinski definition) is 1. The summed E-state index contributed by atoms with van der Waals surface area (Å²) >= 11 is 0. The van der Waals surface area contributed by atoms with Crippen LogP contribution in [0.4, 0.5) is 0 Å². The van der Waals surface area contributed by atoms with E-state index >= 15 is 0 Å². The molecule has 1 amide bonds. The molecule has 2 aromatic carbocycles. The first-order chi connectivity index (χ1) is 11.1. The van der Waals surface area contributed by atoms with Gasteiger partial charge in [0.25, 0.3) is 5.91 Å². The smallest absolute Gasteiger partial charge is 0.261 e. The lowest BCUT2D eigenvalue weighted by molar-refractivity contribution is -0.127. The molecule has 0 aromatic heterocycles. The molecule has 1 N–H and O–H groups in total. The van der Waals surface area contributed by atoms with Gasteiger partial charge in [-0.15, -0.1) is 0 Å². The molecule has 23 heavy (non-hydrogen) atoms. The summed E-state index contributed by atoms with van der Waals surface area (Å²) in [6.07, 6.45) is -0.560. The number of aryl methyl sites for hydroxylation is 1. The number of carbonyl (C=O) groups excluding carboxylic acids is 1. The Kier molecular flexibility index (Phi) is 6.03. The third-order valence-corrected chi connectivity index (χ3v) is 3.49. The molecule has 0 saturated carbocycles. The zero-order valence-electron chi connectivity index (χ0n) is 13.8. The van der Waals surface area contributed by atoms with Crippen molar-refractivity contribution in [3.8, 4) is 11.5 Å². The number of hydrogen-bond acceptors (Lipinski definition) is 3. The van der Waals surface area contributed by atoms with Crippen molar-refractivity contribution in [3.63, 3.8) is 0 Å². The molecule has 4 nitrogen and oxygen atoms in total. The maximum atomic E-state index is 12.2. The average molecular weight is 313 g/mol. The van der Waals surface area contributed by atoms with Crippen LogP contribution in [0.3, 0.4) is 0 Å². The lowest BCUT2D eigenvalue weighted by atomic mass is 10.2. The van der Waals surface area contributed by atoms with Crippen LogP contribution in [0.1, 0.15) is 25.0 Å². The Morgan fingerprint density at radius 3 is 2.43 bits per heavy atom. The molecule has 2 aromatic rings. The Morgan fingerprint density at radius 1 is 1.09 bits per heavy atom. The monoisotopic (exact) mass is 313 g/mol. The number of nitrogens with one attached hydrogen (secondary N) is 1. The van der Waals surface area contributed by atoms with Crippen molar-refractivity contribution in [1.82, 2.24) is 5.32 Å². The molecule has 0 aliphatic rings. The van der Waals surface area contributed by atoms with Crippen molar-refractivity contribution in [1.29, 1.82) is 0 Å². The maximum Gasteiger partial charge on any atom is 0.261 e. The van der Waals surface area contributed by atoms with Gasteiger partial charge in [-0.05, 0) is 38.5 Å². The van der Waals surface area contributed by atoms with Gasteiger partial charge in [0, 0.05) is 12.1 Å². The second-order valence-electron chi connectivity index (χ2n) is 5.28. The SMILES string of the molecule is CCOc1ccccc1CNC(=O)[C@@H](C)Oc1ccccc1C. The van der Waals surface area contributed by atoms with E-state index in [2.05, 4.69) is 5.32 Å². The molecule has 0 saturated heterocycles. The summed E-state index contributed by atoms with van der Waals surface area (Å²) in [5.41, 5.74) is 1.96. The summed E-state index contributed by atoms with van der Waals surface area (Å²) in [6.45, 7) is 6.65. The summed E-state index contributed by atoms with van der Waals surface area (Å²) in [6, 6.07) is 15.3. The predicted molar refractivity (Wildman–Crippen MR) is 90.7 cm³/mol. The minimum absolute atomic E-state index is 0.153. The topological polar surface area (TPSA) is 47.6 Å². The molecule has 4 heteroatoms. The molecule has 0 aliphatic heterocycles. The van der Waals surface area contributed by atoms with E-state index in [-0.39, 0.29) is 5.91 Å². The minimum Gasteiger partial charge on any atom is -0.494 e. The number of para-hydroxylation sites is 2. The summed E-state index contributed by atoms with van der Waals surface area (Å²) in [5, 5.41) is 2.89. The molecule has 0 fully saturated rings. The second kappa shape index (κ2) is 8.22. The van der Waals surface area contributed by atoms with Gasteiger partial charge in [0.2, 0.25) is 0 Å². The minimum atomic E-state index is -0.560. The molecule has 1 atom stereocenters. The largest absolute Gasteiger partial charge is 0.494 e. The van der Waals surface area contributed by atoms with Crippen LogP contribution in [-0.4, -0.2) is 18.6 Å². The molecular weight excluding hydrogens is 290 g/mol. The molecule has 0 aliphatic carbocycles. The maximum absolute atomic E-state index is 12.2. The quantitative estimate of drug-likeness (QED) is 0.851. The molecule has 0 heterocycles. The lowest BCUT2D eigenvalue weighted by Crippen LogP contribution is -2.36. The van der Waals surface area contributed by atoms with E-state index in [0.717, 1.165) is 22.6 Å². The molecule has 0 radical (unpaired) electrons. The zero-order valence-corrected chi connectivity index (χ0v) is 13.8. The van der Waals surface area contributed by atoms with E-state index in [1.165, 1.54) is 0 Å². The lowest BCUT2D eigenvalue weighted by Gasteiger charge is -2.17. The highest BCUT2D eigenvalue weighted by molar-refractivity contribution is 5.80. The summed E-state index contributed by atoms with van der Waals surface area (Å²) < 4.78 is 11.3. The van der Waals surface area contributed by atoms with Crippen molar-refractivity contribution in [2.75, 3.05) is 6.61 Å². The fourth-order valence-electron chi connectivity index (χ4n) is 2.20. The van der Waals surface area contributed by atoms with E-state index in [9.17, 15) is 4.79 Å². The molecule has 0 spiro atoms. The van der Waals surface area contributed by atoms with E-state index < -0.39 is 6.10 Å². The summed E-state index contributed by atoms with van der Waals surface area (Å²) in [4.78, 5) is 12.2. The normalized spacial score (nSPS) is 11.6. The van der Waals surface area contributed by atoms with Gasteiger partial charge in [-0.25, -0.2) is 0 Å². The van der Waals surface area contributed by atoms with Gasteiger partial charge in [0.15, 0.2) is 6.10 Å². The van der Waals surface area contributed by atoms with Crippen LogP contribution in [0.25, 0.3) is 0 Å². The number of ether oxygens (including phenoxy) is 2. The van der Waals surface area contributed by atoms with Crippen molar-refractivity contribution < 1.29 is 14.3 Å². The average Bonchev–Trinajstić information content (AvgIpc) is 2.56. The summed E-state index contributed by atoms with van der Waals surface area (Å²) in [5.74, 6) is 1.37. The van der Waals surface area contributed by atoms with Gasteiger partial charge in [-0.2, -0.15) is 0 Å². The van der Waals surface area contributed by atoms with Crippen LogP contribution in [0.5, 0.6) is 11.5 Å². The van der Waals surface area contributed by atoms with Gasteiger partial charge in [0.1, 0.15) is 11.5 Å². The first-order valence-electron chi connectivity index (χ1n) is 7.82. The Balaban J connectivity index is 1.93. The Labute approximate surface area is 137 Å². The highest BCUT2D eigenvalue weighted by Crippen LogP contribution is 2.19. The van der Waals surface area contributed by atoms with Crippen LogP contribution in [0.15, 0.2) is 48.5 Å². The van der Waals surface area contributed by atoms with E-state index in [1.807, 2.05) is 62.4 Å². The third kappa shape index (κ3) is 4.74. The van der Waals surface area contributed by atoms with Crippen LogP contribution in [0.2, 0.25) is 0 Å². The van der Waals surface area contributed by atoms with Gasteiger partial charge in [0.05, 0.1) is 6.61 Å². The fourth-order valence-corrected chi connectivity index (χ4v) is 2.20. The third-order valence-electron chi connectivity index (χ3n) is 3.49. The molecule has 0 bridgehead atoms. The first kappa shape index (κ1) is 16.9. The van der Waals surface area contributed by atoms with Gasteiger partial charge in [-0.1, -0.05) is 36.4 Å². The summed E-state index contributed by atoms with van der Waals surface area (Å²) in [7, 11) is 0. The highest BCUT2D eigenvalue weighted by atomic mass is 16.5. The highest BCUT2D eigenvalue weighted by Gasteiger charge is 2.15. The van der Waals surface area contributed by atoms with Gasteiger partial charge in [-0.3, -0.25) is 4.79 Å². The van der Waals surface area contributed by atoms with Gasteiger partial charge < -0.3 is 14.8 Å². The standard InChI is InChI=1S/C19H23NO3/c1-4-22-18-12-8-6-10-16(18)13-20-19(21)15(3)23-17-11-7-5-9-14(17)2/h5-12,15H,4,13H2,1-3H3,(H,20,21)/t15-/m1/s1. The fraction of sp³-hybridized carbons (Fsp3) is 0.316. The van der Waals surface area contributed by atoms with Gasteiger partial charge >= 0.3 is 0 Å². The molecular formula is C19H23NO3. The van der Waals surface area contributed by atoms with Crippen LogP contribution < -0.4 is 14.8 Å². The Bertz CT molecular complexity index is 655. The van der Waals surface area contributed by atoms with Crippen LogP contribution in [-0.2, 0) is 11.3 Å². The van der Waals surface area contributed by atoms with E-state index in [0.29, 0.717) is 13.2 Å².